The fraction of sp³-hybridized carbons (Fsp3) is 0.211. The van der Waals surface area contributed by atoms with Gasteiger partial charge in [-0.2, -0.15) is 0 Å². The maximum absolute atomic E-state index is 10.8. The highest BCUT2D eigenvalue weighted by atomic mass is 35.5. The molecule has 0 saturated heterocycles. The zero-order valence-corrected chi connectivity index (χ0v) is 14.5. The highest BCUT2D eigenvalue weighted by Gasteiger charge is 2.09. The van der Waals surface area contributed by atoms with Gasteiger partial charge in [-0.1, -0.05) is 43.6 Å². The number of ether oxygens (including phenoxy) is 1. The van der Waals surface area contributed by atoms with Gasteiger partial charge in [0.2, 0.25) is 0 Å². The van der Waals surface area contributed by atoms with Gasteiger partial charge in [0.15, 0.2) is 0 Å². The van der Waals surface area contributed by atoms with E-state index in [0.717, 1.165) is 16.7 Å². The first-order chi connectivity index (χ1) is 11.1. The van der Waals surface area contributed by atoms with Gasteiger partial charge in [-0.25, -0.2) is 4.79 Å². The second-order valence-electron chi connectivity index (χ2n) is 4.43. The van der Waals surface area contributed by atoms with Crippen molar-refractivity contribution >= 4 is 23.3 Å². The summed E-state index contributed by atoms with van der Waals surface area (Å²) in [7, 11) is 1.60. The van der Waals surface area contributed by atoms with Crippen molar-refractivity contribution in [3.05, 3.63) is 64.7 Å². The summed E-state index contributed by atoms with van der Waals surface area (Å²) >= 11 is 6.30. The van der Waals surface area contributed by atoms with Gasteiger partial charge >= 0.3 is 5.97 Å². The van der Waals surface area contributed by atoms with E-state index in [-0.39, 0.29) is 5.56 Å². The van der Waals surface area contributed by atoms with Crippen LogP contribution < -0.4 is 0 Å². The Kier molecular flexibility index (Phi) is 7.36. The van der Waals surface area contributed by atoms with E-state index in [1.165, 1.54) is 0 Å². The number of allylic oxidation sites excluding steroid dienone is 1. The summed E-state index contributed by atoms with van der Waals surface area (Å²) in [6.45, 7) is 5.88. The molecule has 122 valence electrons. The zero-order chi connectivity index (χ0) is 17.4. The number of methoxy groups -OCH3 is 1. The minimum absolute atomic E-state index is 0.261. The molecular weight excluding hydrogens is 312 g/mol. The third-order valence-corrected chi connectivity index (χ3v) is 3.49. The zero-order valence-electron chi connectivity index (χ0n) is 13.8. The van der Waals surface area contributed by atoms with Gasteiger partial charge in [-0.15, -0.1) is 0 Å². The van der Waals surface area contributed by atoms with Gasteiger partial charge in [0, 0.05) is 5.56 Å². The standard InChI is InChI=1S/C17H15ClO3.C2H6/c1-3-16(21-2)14-9-8-13(10-15(14)18)11-4-6-12(7-5-11)17(19)20;1-2/h3-10H,1-2H3,(H,19,20);1-2H3/b16-3-;. The molecule has 1 N–H and O–H groups in total. The second-order valence-corrected chi connectivity index (χ2v) is 4.84. The van der Waals surface area contributed by atoms with E-state index in [1.54, 1.807) is 31.4 Å². The summed E-state index contributed by atoms with van der Waals surface area (Å²) < 4.78 is 5.27. The molecule has 0 unspecified atom stereocenters. The van der Waals surface area contributed by atoms with Crippen LogP contribution in [0.4, 0.5) is 0 Å². The summed E-state index contributed by atoms with van der Waals surface area (Å²) in [5.41, 5.74) is 2.92. The lowest BCUT2D eigenvalue weighted by atomic mass is 10.0. The summed E-state index contributed by atoms with van der Waals surface area (Å²) in [5, 5.41) is 9.49. The molecule has 0 spiro atoms. The first-order valence-electron chi connectivity index (χ1n) is 7.40. The molecule has 2 aromatic carbocycles. The van der Waals surface area contributed by atoms with Crippen molar-refractivity contribution in [2.45, 2.75) is 20.8 Å². The van der Waals surface area contributed by atoms with Crippen molar-refractivity contribution in [3.8, 4) is 11.1 Å². The first-order valence-corrected chi connectivity index (χ1v) is 7.78. The number of aromatic carboxylic acids is 1. The van der Waals surface area contributed by atoms with Gasteiger partial charge in [0.1, 0.15) is 5.76 Å². The number of carbonyl (C=O) groups is 1. The molecule has 23 heavy (non-hydrogen) atoms. The number of carboxylic acids is 1. The summed E-state index contributed by atoms with van der Waals surface area (Å²) in [4.78, 5) is 10.8. The van der Waals surface area contributed by atoms with E-state index in [0.29, 0.717) is 10.8 Å². The van der Waals surface area contributed by atoms with Crippen LogP contribution in [0.1, 0.15) is 36.7 Å². The van der Waals surface area contributed by atoms with Crippen molar-refractivity contribution in [1.29, 1.82) is 0 Å². The summed E-state index contributed by atoms with van der Waals surface area (Å²) in [6, 6.07) is 12.3. The van der Waals surface area contributed by atoms with Crippen LogP contribution in [0.15, 0.2) is 48.5 Å². The quantitative estimate of drug-likeness (QED) is 0.726. The Morgan fingerprint density at radius 2 is 1.65 bits per heavy atom. The summed E-state index contributed by atoms with van der Waals surface area (Å²) in [5.74, 6) is -0.222. The number of carboxylic acid groups (broad SMARTS) is 1. The van der Waals surface area contributed by atoms with Gasteiger partial charge in [-0.05, 0) is 48.4 Å². The molecule has 0 heterocycles. The van der Waals surface area contributed by atoms with Crippen molar-refractivity contribution in [2.75, 3.05) is 7.11 Å². The summed E-state index contributed by atoms with van der Waals surface area (Å²) in [6.07, 6.45) is 1.85. The average molecular weight is 333 g/mol. The van der Waals surface area contributed by atoms with Crippen molar-refractivity contribution in [1.82, 2.24) is 0 Å². The molecule has 0 aromatic heterocycles. The highest BCUT2D eigenvalue weighted by Crippen LogP contribution is 2.30. The molecule has 0 bridgehead atoms. The van der Waals surface area contributed by atoms with E-state index in [1.807, 2.05) is 45.0 Å². The minimum atomic E-state index is -0.937. The number of hydrogen-bond donors (Lipinski definition) is 1. The largest absolute Gasteiger partial charge is 0.496 e. The number of rotatable bonds is 4. The van der Waals surface area contributed by atoms with Gasteiger partial charge in [0.05, 0.1) is 17.7 Å². The maximum Gasteiger partial charge on any atom is 0.335 e. The normalized spacial score (nSPS) is 10.6. The fourth-order valence-electron chi connectivity index (χ4n) is 2.08. The Bertz CT molecular complexity index is 688. The molecule has 2 aromatic rings. The topological polar surface area (TPSA) is 46.5 Å². The second kappa shape index (κ2) is 9.01. The predicted octanol–water partition coefficient (Wildman–Crippen LogP) is 5.74. The van der Waals surface area contributed by atoms with Crippen molar-refractivity contribution < 1.29 is 14.6 Å². The Morgan fingerprint density at radius 3 is 2.09 bits per heavy atom. The average Bonchev–Trinajstić information content (AvgIpc) is 2.59. The molecule has 0 fully saturated rings. The molecule has 3 nitrogen and oxygen atoms in total. The molecule has 0 radical (unpaired) electrons. The monoisotopic (exact) mass is 332 g/mol. The van der Waals surface area contributed by atoms with E-state index < -0.39 is 5.97 Å². The van der Waals surface area contributed by atoms with Crippen LogP contribution in [0, 0.1) is 0 Å². The smallest absolute Gasteiger partial charge is 0.335 e. The molecular formula is C19H21ClO3. The third kappa shape index (κ3) is 4.60. The molecule has 0 aliphatic rings. The Morgan fingerprint density at radius 1 is 1.09 bits per heavy atom. The SMILES string of the molecule is C/C=C(\OC)c1ccc(-c2ccc(C(=O)O)cc2)cc1Cl.CC. The Balaban J connectivity index is 0.00000127. The molecule has 0 atom stereocenters. The van der Waals surface area contributed by atoms with Crippen LogP contribution >= 0.6 is 11.6 Å². The maximum atomic E-state index is 10.8. The van der Waals surface area contributed by atoms with Gasteiger partial charge in [0.25, 0.3) is 0 Å². The lowest BCUT2D eigenvalue weighted by Gasteiger charge is -2.10. The van der Waals surface area contributed by atoms with Crippen LogP contribution in [0.25, 0.3) is 16.9 Å². The fourth-order valence-corrected chi connectivity index (χ4v) is 2.36. The van der Waals surface area contributed by atoms with Crippen LogP contribution in [0.2, 0.25) is 5.02 Å². The van der Waals surface area contributed by atoms with Crippen LogP contribution in [-0.2, 0) is 4.74 Å². The van der Waals surface area contributed by atoms with Gasteiger partial charge < -0.3 is 9.84 Å². The lowest BCUT2D eigenvalue weighted by molar-refractivity contribution is 0.0697. The number of halogens is 1. The molecule has 0 saturated carbocycles. The first kappa shape index (κ1) is 18.8. The Labute approximate surface area is 142 Å². The molecule has 2 rings (SSSR count). The van der Waals surface area contributed by atoms with Gasteiger partial charge in [-0.3, -0.25) is 0 Å². The van der Waals surface area contributed by atoms with Crippen molar-refractivity contribution in [2.24, 2.45) is 0 Å². The minimum Gasteiger partial charge on any atom is -0.496 e. The van der Waals surface area contributed by atoms with Crippen molar-refractivity contribution in [3.63, 3.8) is 0 Å². The molecule has 0 aliphatic carbocycles. The molecule has 0 amide bonds. The molecule has 0 aliphatic heterocycles. The predicted molar refractivity (Wildman–Crippen MR) is 95.9 cm³/mol. The molecule has 4 heteroatoms. The number of benzene rings is 2. The lowest BCUT2D eigenvalue weighted by Crippen LogP contribution is -1.95. The number of hydrogen-bond acceptors (Lipinski definition) is 2. The van der Waals surface area contributed by atoms with E-state index in [4.69, 9.17) is 21.4 Å². The van der Waals surface area contributed by atoms with Crippen LogP contribution in [0.3, 0.4) is 0 Å². The van der Waals surface area contributed by atoms with Crippen LogP contribution in [-0.4, -0.2) is 18.2 Å². The van der Waals surface area contributed by atoms with E-state index in [9.17, 15) is 4.79 Å². The van der Waals surface area contributed by atoms with E-state index >= 15 is 0 Å². The Hall–Kier alpha value is -2.26. The third-order valence-electron chi connectivity index (χ3n) is 3.18. The highest BCUT2D eigenvalue weighted by molar-refractivity contribution is 6.32. The van der Waals surface area contributed by atoms with Crippen LogP contribution in [0.5, 0.6) is 0 Å². The van der Waals surface area contributed by atoms with E-state index in [2.05, 4.69) is 0 Å².